The summed E-state index contributed by atoms with van der Waals surface area (Å²) in [7, 11) is 4.03. The summed E-state index contributed by atoms with van der Waals surface area (Å²) in [6, 6.07) is 12.1. The SMILES string of the molecule is Cc1ccc(C(=O)N(CCN(C)C)c2nc3c(C)cccc3s2)c(C)c1. The highest BCUT2D eigenvalue weighted by Crippen LogP contribution is 2.31. The Hall–Kier alpha value is -2.24. The van der Waals surface area contributed by atoms with Gasteiger partial charge in [0.25, 0.3) is 5.91 Å². The molecule has 0 aliphatic carbocycles. The lowest BCUT2D eigenvalue weighted by atomic mass is 10.0. The van der Waals surface area contributed by atoms with E-state index in [-0.39, 0.29) is 5.91 Å². The van der Waals surface area contributed by atoms with Crippen molar-refractivity contribution in [3.8, 4) is 0 Å². The predicted molar refractivity (Wildman–Crippen MR) is 111 cm³/mol. The number of benzene rings is 2. The summed E-state index contributed by atoms with van der Waals surface area (Å²) < 4.78 is 1.11. The summed E-state index contributed by atoms with van der Waals surface area (Å²) in [6.07, 6.45) is 0. The van der Waals surface area contributed by atoms with Crippen LogP contribution in [0.25, 0.3) is 10.2 Å². The maximum Gasteiger partial charge on any atom is 0.260 e. The summed E-state index contributed by atoms with van der Waals surface area (Å²) >= 11 is 1.58. The summed E-state index contributed by atoms with van der Waals surface area (Å²) in [6.45, 7) is 7.49. The van der Waals surface area contributed by atoms with E-state index >= 15 is 0 Å². The molecule has 26 heavy (non-hydrogen) atoms. The van der Waals surface area contributed by atoms with Crippen molar-refractivity contribution < 1.29 is 4.79 Å². The number of thiazole rings is 1. The zero-order valence-corrected chi connectivity index (χ0v) is 16.9. The van der Waals surface area contributed by atoms with Gasteiger partial charge in [-0.1, -0.05) is 41.2 Å². The molecule has 0 unspecified atom stereocenters. The number of rotatable bonds is 5. The van der Waals surface area contributed by atoms with E-state index in [0.717, 1.165) is 44.1 Å². The van der Waals surface area contributed by atoms with Gasteiger partial charge in [0.15, 0.2) is 5.13 Å². The van der Waals surface area contributed by atoms with Gasteiger partial charge >= 0.3 is 0 Å². The smallest absolute Gasteiger partial charge is 0.260 e. The van der Waals surface area contributed by atoms with Gasteiger partial charge in [0.05, 0.1) is 10.2 Å². The molecule has 0 N–H and O–H groups in total. The van der Waals surface area contributed by atoms with Crippen LogP contribution in [-0.2, 0) is 0 Å². The first-order valence-corrected chi connectivity index (χ1v) is 9.58. The Balaban J connectivity index is 2.03. The molecule has 0 bridgehead atoms. The fraction of sp³-hybridized carbons (Fsp3) is 0.333. The number of aryl methyl sites for hydroxylation is 3. The Bertz CT molecular complexity index is 946. The molecular formula is C21H25N3OS. The molecule has 2 aromatic carbocycles. The van der Waals surface area contributed by atoms with Gasteiger partial charge in [0, 0.05) is 18.7 Å². The average Bonchev–Trinajstić information content (AvgIpc) is 3.00. The van der Waals surface area contributed by atoms with E-state index in [4.69, 9.17) is 4.98 Å². The van der Waals surface area contributed by atoms with Crippen LogP contribution in [0.1, 0.15) is 27.0 Å². The number of hydrogen-bond acceptors (Lipinski definition) is 4. The molecule has 0 spiro atoms. The largest absolute Gasteiger partial charge is 0.308 e. The van der Waals surface area contributed by atoms with Crippen molar-refractivity contribution in [2.45, 2.75) is 20.8 Å². The molecule has 0 aliphatic heterocycles. The third kappa shape index (κ3) is 3.79. The molecule has 0 fully saturated rings. The third-order valence-electron chi connectivity index (χ3n) is 4.47. The predicted octanol–water partition coefficient (Wildman–Crippen LogP) is 4.43. The van der Waals surface area contributed by atoms with Gasteiger partial charge in [-0.25, -0.2) is 4.98 Å². The van der Waals surface area contributed by atoms with E-state index in [9.17, 15) is 4.79 Å². The van der Waals surface area contributed by atoms with Gasteiger partial charge in [-0.15, -0.1) is 0 Å². The number of nitrogens with zero attached hydrogens (tertiary/aromatic N) is 3. The van der Waals surface area contributed by atoms with Crippen LogP contribution in [0.2, 0.25) is 0 Å². The molecule has 136 valence electrons. The van der Waals surface area contributed by atoms with Gasteiger partial charge in [0.2, 0.25) is 0 Å². The van der Waals surface area contributed by atoms with E-state index in [0.29, 0.717) is 6.54 Å². The maximum atomic E-state index is 13.3. The molecule has 0 aliphatic rings. The van der Waals surface area contributed by atoms with E-state index in [2.05, 4.69) is 30.0 Å². The van der Waals surface area contributed by atoms with Gasteiger partial charge < -0.3 is 4.90 Å². The Kier molecular flexibility index (Phi) is 5.39. The van der Waals surface area contributed by atoms with Crippen molar-refractivity contribution in [3.05, 3.63) is 58.7 Å². The molecule has 1 amide bonds. The van der Waals surface area contributed by atoms with Crippen molar-refractivity contribution in [1.29, 1.82) is 0 Å². The zero-order valence-electron chi connectivity index (χ0n) is 16.0. The van der Waals surface area contributed by atoms with Crippen molar-refractivity contribution in [1.82, 2.24) is 9.88 Å². The van der Waals surface area contributed by atoms with Crippen molar-refractivity contribution in [3.63, 3.8) is 0 Å². The van der Waals surface area contributed by atoms with Crippen LogP contribution >= 0.6 is 11.3 Å². The van der Waals surface area contributed by atoms with Crippen LogP contribution in [0.3, 0.4) is 0 Å². The molecule has 3 aromatic rings. The lowest BCUT2D eigenvalue weighted by Gasteiger charge is -2.23. The topological polar surface area (TPSA) is 36.4 Å². The van der Waals surface area contributed by atoms with Gasteiger partial charge in [-0.3, -0.25) is 9.69 Å². The average molecular weight is 368 g/mol. The highest BCUT2D eigenvalue weighted by atomic mass is 32.1. The Morgan fingerprint density at radius 1 is 1.04 bits per heavy atom. The van der Waals surface area contributed by atoms with Gasteiger partial charge in [-0.05, 0) is 58.1 Å². The quantitative estimate of drug-likeness (QED) is 0.669. The highest BCUT2D eigenvalue weighted by molar-refractivity contribution is 7.22. The first-order chi connectivity index (χ1) is 12.4. The summed E-state index contributed by atoms with van der Waals surface area (Å²) in [4.78, 5) is 22.0. The van der Waals surface area contributed by atoms with Crippen LogP contribution in [0, 0.1) is 20.8 Å². The van der Waals surface area contributed by atoms with Crippen molar-refractivity contribution >= 4 is 32.6 Å². The molecule has 0 saturated heterocycles. The Morgan fingerprint density at radius 3 is 2.46 bits per heavy atom. The number of carbonyl (C=O) groups excluding carboxylic acids is 1. The van der Waals surface area contributed by atoms with Crippen molar-refractivity contribution in [2.24, 2.45) is 0 Å². The molecule has 0 radical (unpaired) electrons. The fourth-order valence-corrected chi connectivity index (χ4v) is 4.04. The summed E-state index contributed by atoms with van der Waals surface area (Å²) in [5, 5.41) is 0.765. The second-order valence-electron chi connectivity index (χ2n) is 7.00. The number of amides is 1. The number of para-hydroxylation sites is 1. The molecule has 5 heteroatoms. The number of carbonyl (C=O) groups is 1. The monoisotopic (exact) mass is 367 g/mol. The molecule has 1 heterocycles. The minimum Gasteiger partial charge on any atom is -0.308 e. The van der Waals surface area contributed by atoms with E-state index in [1.807, 2.05) is 51.0 Å². The van der Waals surface area contributed by atoms with E-state index < -0.39 is 0 Å². The number of aromatic nitrogens is 1. The molecule has 0 atom stereocenters. The van der Waals surface area contributed by atoms with E-state index in [1.165, 1.54) is 0 Å². The second-order valence-corrected chi connectivity index (χ2v) is 8.01. The number of fused-ring (bicyclic) bond motifs is 1. The third-order valence-corrected chi connectivity index (χ3v) is 5.51. The first-order valence-electron chi connectivity index (χ1n) is 8.77. The highest BCUT2D eigenvalue weighted by Gasteiger charge is 2.23. The second kappa shape index (κ2) is 7.56. The minimum absolute atomic E-state index is 0.0149. The zero-order chi connectivity index (χ0) is 18.8. The fourth-order valence-electron chi connectivity index (χ4n) is 2.97. The normalized spacial score (nSPS) is 11.3. The number of anilines is 1. The van der Waals surface area contributed by atoms with Crippen molar-refractivity contribution in [2.75, 3.05) is 32.1 Å². The summed E-state index contributed by atoms with van der Waals surface area (Å²) in [5.41, 5.74) is 5.02. The number of likely N-dealkylation sites (N-methyl/N-ethyl adjacent to an activating group) is 1. The molecule has 1 aromatic heterocycles. The van der Waals surface area contributed by atoms with Crippen LogP contribution in [0.4, 0.5) is 5.13 Å². The van der Waals surface area contributed by atoms with Crippen LogP contribution in [0.5, 0.6) is 0 Å². The molecular weight excluding hydrogens is 342 g/mol. The molecule has 3 rings (SSSR count). The maximum absolute atomic E-state index is 13.3. The first kappa shape index (κ1) is 18.5. The molecule has 0 saturated carbocycles. The Morgan fingerprint density at radius 2 is 1.81 bits per heavy atom. The standard InChI is InChI=1S/C21H25N3OS/c1-14-9-10-17(16(3)13-14)20(25)24(12-11-23(4)5)21-22-19-15(2)7-6-8-18(19)26-21/h6-10,13H,11-12H2,1-5H3. The van der Waals surface area contributed by atoms with E-state index in [1.54, 1.807) is 11.3 Å². The lowest BCUT2D eigenvalue weighted by Crippen LogP contribution is -2.37. The minimum atomic E-state index is 0.0149. The van der Waals surface area contributed by atoms with Gasteiger partial charge in [0.1, 0.15) is 0 Å². The molecule has 4 nitrogen and oxygen atoms in total. The number of hydrogen-bond donors (Lipinski definition) is 0. The summed E-state index contributed by atoms with van der Waals surface area (Å²) in [5.74, 6) is 0.0149. The van der Waals surface area contributed by atoms with Crippen LogP contribution < -0.4 is 4.90 Å². The van der Waals surface area contributed by atoms with Crippen LogP contribution in [0.15, 0.2) is 36.4 Å². The van der Waals surface area contributed by atoms with Crippen LogP contribution in [-0.4, -0.2) is 43.0 Å². The lowest BCUT2D eigenvalue weighted by molar-refractivity contribution is 0.0984. The van der Waals surface area contributed by atoms with Gasteiger partial charge in [-0.2, -0.15) is 0 Å². The Labute approximate surface area is 159 Å².